The molecule has 27 heavy (non-hydrogen) atoms. The van der Waals surface area contributed by atoms with E-state index >= 15 is 0 Å². The van der Waals surface area contributed by atoms with Gasteiger partial charge in [0.15, 0.2) is 0 Å². The normalized spacial score (nSPS) is 16.6. The minimum absolute atomic E-state index is 0.296. The maximum absolute atomic E-state index is 12.5. The molecule has 1 amide bonds. The van der Waals surface area contributed by atoms with E-state index in [1.54, 1.807) is 38.3 Å². The van der Waals surface area contributed by atoms with Crippen LogP contribution < -0.4 is 14.4 Å². The molecule has 0 saturated carbocycles. The van der Waals surface area contributed by atoms with Gasteiger partial charge in [0.1, 0.15) is 11.8 Å². The minimum Gasteiger partial charge on any atom is -0.497 e. The zero-order valence-corrected chi connectivity index (χ0v) is 17.3. The van der Waals surface area contributed by atoms with Gasteiger partial charge in [-0.3, -0.25) is 9.10 Å². The van der Waals surface area contributed by atoms with Crippen molar-refractivity contribution in [2.45, 2.75) is 38.6 Å². The molecule has 152 valence electrons. The van der Waals surface area contributed by atoms with Crippen LogP contribution in [0.2, 0.25) is 0 Å². The van der Waals surface area contributed by atoms with Crippen LogP contribution in [0.15, 0.2) is 24.3 Å². The molecule has 1 aliphatic heterocycles. The summed E-state index contributed by atoms with van der Waals surface area (Å²) in [5.41, 5.74) is 0.439. The van der Waals surface area contributed by atoms with E-state index in [4.69, 9.17) is 4.74 Å². The van der Waals surface area contributed by atoms with Gasteiger partial charge in [0.2, 0.25) is 15.9 Å². The fourth-order valence-corrected chi connectivity index (χ4v) is 4.56. The molecule has 1 unspecified atom stereocenters. The number of benzene rings is 1. The Bertz CT molecular complexity index is 700. The molecule has 0 aliphatic carbocycles. The molecular formula is C19H31N3O4S. The average Bonchev–Trinajstić information content (AvgIpc) is 2.65. The van der Waals surface area contributed by atoms with Gasteiger partial charge in [0, 0.05) is 6.54 Å². The van der Waals surface area contributed by atoms with Crippen LogP contribution in [-0.4, -0.2) is 64.8 Å². The first-order valence-corrected chi connectivity index (χ1v) is 11.3. The van der Waals surface area contributed by atoms with Gasteiger partial charge in [-0.1, -0.05) is 6.42 Å². The third kappa shape index (κ3) is 6.39. The number of carbonyl (C=O) groups excluding carboxylic acids is 1. The van der Waals surface area contributed by atoms with Gasteiger partial charge in [0.05, 0.1) is 19.1 Å². The second kappa shape index (κ2) is 9.94. The molecule has 1 fully saturated rings. The fourth-order valence-electron chi connectivity index (χ4n) is 3.38. The highest BCUT2D eigenvalue weighted by molar-refractivity contribution is 7.92. The van der Waals surface area contributed by atoms with E-state index in [0.717, 1.165) is 36.6 Å². The predicted molar refractivity (Wildman–Crippen MR) is 108 cm³/mol. The highest BCUT2D eigenvalue weighted by atomic mass is 32.2. The molecule has 0 radical (unpaired) electrons. The van der Waals surface area contributed by atoms with E-state index in [0.29, 0.717) is 18.0 Å². The van der Waals surface area contributed by atoms with Crippen molar-refractivity contribution in [2.75, 3.05) is 43.8 Å². The number of hydrogen-bond donors (Lipinski definition) is 1. The van der Waals surface area contributed by atoms with Gasteiger partial charge in [-0.05, 0) is 70.1 Å². The summed E-state index contributed by atoms with van der Waals surface area (Å²) in [6, 6.07) is 5.80. The van der Waals surface area contributed by atoms with Crippen LogP contribution in [-0.2, 0) is 14.8 Å². The largest absolute Gasteiger partial charge is 0.497 e. The van der Waals surface area contributed by atoms with Gasteiger partial charge >= 0.3 is 0 Å². The summed E-state index contributed by atoms with van der Waals surface area (Å²) < 4.78 is 30.8. The van der Waals surface area contributed by atoms with Crippen molar-refractivity contribution in [3.63, 3.8) is 0 Å². The number of piperidine rings is 1. The van der Waals surface area contributed by atoms with E-state index in [2.05, 4.69) is 10.2 Å². The van der Waals surface area contributed by atoms with Crippen molar-refractivity contribution in [1.29, 1.82) is 0 Å². The number of anilines is 1. The van der Waals surface area contributed by atoms with E-state index in [-0.39, 0.29) is 5.91 Å². The SMILES string of the molecule is COc1ccc(N(C(C)C(=O)NCCCN2CCCCC2)S(C)(=O)=O)cc1. The van der Waals surface area contributed by atoms with Crippen LogP contribution in [0, 0.1) is 0 Å². The van der Waals surface area contributed by atoms with E-state index in [9.17, 15) is 13.2 Å². The number of amides is 1. The Morgan fingerprint density at radius 1 is 1.22 bits per heavy atom. The molecule has 1 aromatic rings. The Hall–Kier alpha value is -1.80. The zero-order valence-electron chi connectivity index (χ0n) is 16.5. The molecule has 1 aliphatic rings. The maximum atomic E-state index is 12.5. The molecule has 7 nitrogen and oxygen atoms in total. The third-order valence-corrected chi connectivity index (χ3v) is 6.06. The first kappa shape index (κ1) is 21.5. The number of carbonyl (C=O) groups is 1. The smallest absolute Gasteiger partial charge is 0.243 e. The Balaban J connectivity index is 1.93. The minimum atomic E-state index is -3.61. The van der Waals surface area contributed by atoms with Crippen LogP contribution in [0.3, 0.4) is 0 Å². The highest BCUT2D eigenvalue weighted by Crippen LogP contribution is 2.23. The molecule has 1 aromatic carbocycles. The summed E-state index contributed by atoms with van der Waals surface area (Å²) in [5, 5.41) is 2.87. The number of nitrogens with one attached hydrogen (secondary N) is 1. The Morgan fingerprint density at radius 2 is 1.85 bits per heavy atom. The van der Waals surface area contributed by atoms with Crippen molar-refractivity contribution in [3.8, 4) is 5.75 Å². The summed E-state index contributed by atoms with van der Waals surface area (Å²) in [7, 11) is -2.06. The van der Waals surface area contributed by atoms with Gasteiger partial charge in [-0.2, -0.15) is 0 Å². The topological polar surface area (TPSA) is 79.0 Å². The average molecular weight is 398 g/mol. The number of ether oxygens (including phenoxy) is 1. The number of methoxy groups -OCH3 is 1. The highest BCUT2D eigenvalue weighted by Gasteiger charge is 2.28. The van der Waals surface area contributed by atoms with Crippen molar-refractivity contribution in [2.24, 2.45) is 0 Å². The van der Waals surface area contributed by atoms with E-state index in [1.165, 1.54) is 19.3 Å². The van der Waals surface area contributed by atoms with Crippen LogP contribution >= 0.6 is 0 Å². The summed E-state index contributed by atoms with van der Waals surface area (Å²) in [5.74, 6) is 0.330. The Labute approximate surface area is 162 Å². The fraction of sp³-hybridized carbons (Fsp3) is 0.632. The first-order chi connectivity index (χ1) is 12.8. The Morgan fingerprint density at radius 3 is 2.41 bits per heavy atom. The Kier molecular flexibility index (Phi) is 7.91. The van der Waals surface area contributed by atoms with E-state index in [1.807, 2.05) is 0 Å². The summed E-state index contributed by atoms with van der Waals surface area (Å²) in [6.45, 7) is 5.36. The summed E-state index contributed by atoms with van der Waals surface area (Å²) in [6.07, 6.45) is 5.76. The van der Waals surface area contributed by atoms with Crippen LogP contribution in [0.5, 0.6) is 5.75 Å². The number of rotatable bonds is 9. The molecule has 2 rings (SSSR count). The first-order valence-electron chi connectivity index (χ1n) is 9.46. The van der Waals surface area contributed by atoms with Gasteiger partial charge in [-0.25, -0.2) is 8.42 Å². The van der Waals surface area contributed by atoms with Crippen LogP contribution in [0.1, 0.15) is 32.6 Å². The second-order valence-corrected chi connectivity index (χ2v) is 8.84. The third-order valence-electron chi connectivity index (χ3n) is 4.81. The molecule has 0 bridgehead atoms. The number of likely N-dealkylation sites (tertiary alicyclic amines) is 1. The lowest BCUT2D eigenvalue weighted by Gasteiger charge is -2.29. The van der Waals surface area contributed by atoms with E-state index < -0.39 is 16.1 Å². The molecule has 1 heterocycles. The lowest BCUT2D eigenvalue weighted by Crippen LogP contribution is -2.48. The van der Waals surface area contributed by atoms with Gasteiger partial charge < -0.3 is 15.0 Å². The number of sulfonamides is 1. The van der Waals surface area contributed by atoms with Crippen molar-refractivity contribution >= 4 is 21.6 Å². The standard InChI is InChI=1S/C19H31N3O4S/c1-16(19(23)20-12-7-15-21-13-5-4-6-14-21)22(27(3,24)25)17-8-10-18(26-2)11-9-17/h8-11,16H,4-7,12-15H2,1-3H3,(H,20,23). The molecule has 1 atom stereocenters. The van der Waals surface area contributed by atoms with Crippen LogP contribution in [0.4, 0.5) is 5.69 Å². The predicted octanol–water partition coefficient (Wildman–Crippen LogP) is 1.84. The lowest BCUT2D eigenvalue weighted by molar-refractivity contribution is -0.121. The second-order valence-electron chi connectivity index (χ2n) is 6.98. The zero-order chi connectivity index (χ0) is 19.9. The number of hydrogen-bond acceptors (Lipinski definition) is 5. The molecule has 0 aromatic heterocycles. The summed E-state index contributed by atoms with van der Waals surface area (Å²) in [4.78, 5) is 14.9. The monoisotopic (exact) mass is 397 g/mol. The quantitative estimate of drug-likeness (QED) is 0.643. The number of nitrogens with zero attached hydrogens (tertiary/aromatic N) is 2. The van der Waals surface area contributed by atoms with Crippen molar-refractivity contribution < 1.29 is 17.9 Å². The lowest BCUT2D eigenvalue weighted by atomic mass is 10.1. The van der Waals surface area contributed by atoms with Crippen molar-refractivity contribution in [3.05, 3.63) is 24.3 Å². The van der Waals surface area contributed by atoms with Gasteiger partial charge in [0.25, 0.3) is 0 Å². The van der Waals surface area contributed by atoms with Crippen LogP contribution in [0.25, 0.3) is 0 Å². The molecular weight excluding hydrogens is 366 g/mol. The molecule has 1 N–H and O–H groups in total. The van der Waals surface area contributed by atoms with Crippen molar-refractivity contribution in [1.82, 2.24) is 10.2 Å². The molecule has 8 heteroatoms. The van der Waals surface area contributed by atoms with Gasteiger partial charge in [-0.15, -0.1) is 0 Å². The summed E-state index contributed by atoms with van der Waals surface area (Å²) >= 11 is 0. The molecule has 1 saturated heterocycles. The maximum Gasteiger partial charge on any atom is 0.243 e. The molecule has 0 spiro atoms.